The fourth-order valence-corrected chi connectivity index (χ4v) is 3.03. The zero-order chi connectivity index (χ0) is 16.2. The average molecular weight is 325 g/mol. The van der Waals surface area contributed by atoms with Gasteiger partial charge >= 0.3 is 0 Å². The van der Waals surface area contributed by atoms with Gasteiger partial charge in [-0.15, -0.1) is 11.3 Å². The molecule has 0 amide bonds. The van der Waals surface area contributed by atoms with Crippen LogP contribution in [-0.4, -0.2) is 19.9 Å². The van der Waals surface area contributed by atoms with Crippen LogP contribution >= 0.6 is 11.3 Å². The summed E-state index contributed by atoms with van der Waals surface area (Å²) in [4.78, 5) is 19.3. The van der Waals surface area contributed by atoms with Crippen molar-refractivity contribution >= 4 is 17.2 Å². The Balaban J connectivity index is 1.84. The van der Waals surface area contributed by atoms with Gasteiger partial charge in [-0.25, -0.2) is 15.0 Å². The van der Waals surface area contributed by atoms with Crippen LogP contribution in [0.3, 0.4) is 0 Å². The maximum absolute atomic E-state index is 4.59. The van der Waals surface area contributed by atoms with Crippen molar-refractivity contribution in [3.63, 3.8) is 0 Å². The number of hydrogen-bond donors (Lipinski definition) is 1. The molecule has 23 heavy (non-hydrogen) atoms. The minimum Gasteiger partial charge on any atom is -0.363 e. The molecule has 0 unspecified atom stereocenters. The molecular formula is C17H19N5S. The first-order valence-corrected chi connectivity index (χ1v) is 8.43. The van der Waals surface area contributed by atoms with Gasteiger partial charge in [-0.05, 0) is 32.4 Å². The number of hydrogen-bond acceptors (Lipinski definition) is 6. The number of nitrogens with one attached hydrogen (secondary N) is 1. The van der Waals surface area contributed by atoms with E-state index in [-0.39, 0.29) is 0 Å². The molecule has 0 saturated carbocycles. The van der Waals surface area contributed by atoms with E-state index in [4.69, 9.17) is 0 Å². The van der Waals surface area contributed by atoms with E-state index in [0.29, 0.717) is 12.4 Å². The van der Waals surface area contributed by atoms with Crippen molar-refractivity contribution < 1.29 is 0 Å². The minimum absolute atomic E-state index is 0.652. The first kappa shape index (κ1) is 15.6. The standard InChI is InChI=1S/C17H19N5S/c1-4-13-9-15(19-10-16-20-11(2)12(3)23-16)22-17(21-13)14-7-5-6-8-18-14/h5-9H,4,10H2,1-3H3,(H,19,21,22). The highest BCUT2D eigenvalue weighted by molar-refractivity contribution is 7.11. The number of aryl methyl sites for hydroxylation is 3. The molecule has 3 heterocycles. The SMILES string of the molecule is CCc1cc(NCc2nc(C)c(C)s2)nc(-c2ccccn2)n1. The number of rotatable bonds is 5. The summed E-state index contributed by atoms with van der Waals surface area (Å²) >= 11 is 1.71. The number of anilines is 1. The van der Waals surface area contributed by atoms with Crippen LogP contribution in [0.5, 0.6) is 0 Å². The number of pyridine rings is 1. The van der Waals surface area contributed by atoms with Crippen LogP contribution in [-0.2, 0) is 13.0 Å². The predicted octanol–water partition coefficient (Wildman–Crippen LogP) is 3.79. The molecule has 3 aromatic rings. The maximum Gasteiger partial charge on any atom is 0.180 e. The molecule has 0 spiro atoms. The van der Waals surface area contributed by atoms with Crippen LogP contribution in [0.15, 0.2) is 30.5 Å². The second kappa shape index (κ2) is 6.83. The quantitative estimate of drug-likeness (QED) is 0.773. The Kier molecular flexibility index (Phi) is 4.62. The number of aromatic nitrogens is 4. The van der Waals surface area contributed by atoms with Gasteiger partial charge in [0.2, 0.25) is 0 Å². The molecule has 0 aromatic carbocycles. The Morgan fingerprint density at radius 3 is 2.65 bits per heavy atom. The second-order valence-corrected chi connectivity index (χ2v) is 6.53. The van der Waals surface area contributed by atoms with E-state index >= 15 is 0 Å². The molecule has 1 N–H and O–H groups in total. The molecule has 0 atom stereocenters. The molecule has 118 valence electrons. The largest absolute Gasteiger partial charge is 0.363 e. The zero-order valence-corrected chi connectivity index (χ0v) is 14.3. The van der Waals surface area contributed by atoms with Crippen molar-refractivity contribution in [1.82, 2.24) is 19.9 Å². The molecule has 6 heteroatoms. The van der Waals surface area contributed by atoms with Crippen LogP contribution in [0.2, 0.25) is 0 Å². The van der Waals surface area contributed by atoms with Gasteiger partial charge in [0.15, 0.2) is 5.82 Å². The van der Waals surface area contributed by atoms with Crippen molar-refractivity contribution in [3.8, 4) is 11.5 Å². The predicted molar refractivity (Wildman–Crippen MR) is 93.6 cm³/mol. The molecule has 0 saturated heterocycles. The normalized spacial score (nSPS) is 10.7. The van der Waals surface area contributed by atoms with E-state index in [1.807, 2.05) is 31.2 Å². The molecule has 0 aliphatic carbocycles. The fraction of sp³-hybridized carbons (Fsp3) is 0.294. The van der Waals surface area contributed by atoms with Crippen molar-refractivity contribution in [2.24, 2.45) is 0 Å². The monoisotopic (exact) mass is 325 g/mol. The van der Waals surface area contributed by atoms with Crippen LogP contribution in [0.1, 0.15) is 28.2 Å². The van der Waals surface area contributed by atoms with Crippen molar-refractivity contribution in [2.75, 3.05) is 5.32 Å². The van der Waals surface area contributed by atoms with Gasteiger partial charge in [-0.3, -0.25) is 4.98 Å². The molecule has 0 aliphatic rings. The van der Waals surface area contributed by atoms with E-state index in [9.17, 15) is 0 Å². The lowest BCUT2D eigenvalue weighted by molar-refractivity contribution is 0.982. The number of nitrogens with zero attached hydrogens (tertiary/aromatic N) is 4. The van der Waals surface area contributed by atoms with Crippen LogP contribution in [0, 0.1) is 13.8 Å². The summed E-state index contributed by atoms with van der Waals surface area (Å²) in [6.45, 7) is 6.88. The summed E-state index contributed by atoms with van der Waals surface area (Å²) < 4.78 is 0. The molecule has 5 nitrogen and oxygen atoms in total. The Labute approximate surface area is 139 Å². The van der Waals surface area contributed by atoms with Gasteiger partial charge in [-0.2, -0.15) is 0 Å². The third-order valence-corrected chi connectivity index (χ3v) is 4.60. The summed E-state index contributed by atoms with van der Waals surface area (Å²) in [5.41, 5.74) is 2.87. The van der Waals surface area contributed by atoms with Crippen molar-refractivity contribution in [3.05, 3.63) is 51.7 Å². The van der Waals surface area contributed by atoms with E-state index < -0.39 is 0 Å². The zero-order valence-electron chi connectivity index (χ0n) is 13.5. The van der Waals surface area contributed by atoms with Crippen molar-refractivity contribution in [2.45, 2.75) is 33.7 Å². The van der Waals surface area contributed by atoms with Gasteiger partial charge in [0.1, 0.15) is 16.5 Å². The number of thiazole rings is 1. The maximum atomic E-state index is 4.59. The molecule has 3 aromatic heterocycles. The Hall–Kier alpha value is -2.34. The highest BCUT2D eigenvalue weighted by Crippen LogP contribution is 2.19. The van der Waals surface area contributed by atoms with Gasteiger partial charge in [0.05, 0.1) is 12.2 Å². The summed E-state index contributed by atoms with van der Waals surface area (Å²) in [7, 11) is 0. The van der Waals surface area contributed by atoms with E-state index in [1.54, 1.807) is 17.5 Å². The summed E-state index contributed by atoms with van der Waals surface area (Å²) in [5.74, 6) is 1.46. The van der Waals surface area contributed by atoms with E-state index in [1.165, 1.54) is 4.88 Å². The second-order valence-electron chi connectivity index (χ2n) is 5.24. The van der Waals surface area contributed by atoms with Gasteiger partial charge in [0.25, 0.3) is 0 Å². The average Bonchev–Trinajstić information content (AvgIpc) is 2.91. The van der Waals surface area contributed by atoms with Crippen LogP contribution in [0.4, 0.5) is 5.82 Å². The lowest BCUT2D eigenvalue weighted by Crippen LogP contribution is -2.05. The van der Waals surface area contributed by atoms with E-state index in [2.05, 4.69) is 39.1 Å². The first-order chi connectivity index (χ1) is 11.2. The van der Waals surface area contributed by atoms with Gasteiger partial charge in [-0.1, -0.05) is 13.0 Å². The summed E-state index contributed by atoms with van der Waals surface area (Å²) in [6.07, 6.45) is 2.61. The molecule has 0 radical (unpaired) electrons. The third-order valence-electron chi connectivity index (χ3n) is 3.53. The van der Waals surface area contributed by atoms with Crippen molar-refractivity contribution in [1.29, 1.82) is 0 Å². The topological polar surface area (TPSA) is 63.6 Å². The van der Waals surface area contributed by atoms with E-state index in [0.717, 1.165) is 34.3 Å². The fourth-order valence-electron chi connectivity index (χ4n) is 2.16. The summed E-state index contributed by atoms with van der Waals surface area (Å²) in [5, 5.41) is 4.42. The molecule has 0 fully saturated rings. The minimum atomic E-state index is 0.652. The Morgan fingerprint density at radius 2 is 2.00 bits per heavy atom. The van der Waals surface area contributed by atoms with Crippen LogP contribution in [0.25, 0.3) is 11.5 Å². The lowest BCUT2D eigenvalue weighted by atomic mass is 10.3. The first-order valence-electron chi connectivity index (χ1n) is 7.62. The molecular weight excluding hydrogens is 306 g/mol. The molecule has 3 rings (SSSR count). The van der Waals surface area contributed by atoms with Gasteiger partial charge < -0.3 is 5.32 Å². The molecule has 0 bridgehead atoms. The molecule has 0 aliphatic heterocycles. The Morgan fingerprint density at radius 1 is 1.13 bits per heavy atom. The lowest BCUT2D eigenvalue weighted by Gasteiger charge is -2.08. The highest BCUT2D eigenvalue weighted by Gasteiger charge is 2.08. The highest BCUT2D eigenvalue weighted by atomic mass is 32.1. The third kappa shape index (κ3) is 3.71. The van der Waals surface area contributed by atoms with Gasteiger partial charge in [0, 0.05) is 22.8 Å². The Bertz CT molecular complexity index is 778. The van der Waals surface area contributed by atoms with Crippen LogP contribution < -0.4 is 5.32 Å². The summed E-state index contributed by atoms with van der Waals surface area (Å²) in [6, 6.07) is 7.74. The smallest absolute Gasteiger partial charge is 0.180 e.